The van der Waals surface area contributed by atoms with Gasteiger partial charge in [0.25, 0.3) is 5.69 Å². The number of rotatable bonds is 3. The van der Waals surface area contributed by atoms with Gasteiger partial charge in [0.15, 0.2) is 0 Å². The first-order valence-electron chi connectivity index (χ1n) is 4.76. The third kappa shape index (κ3) is 2.07. The highest BCUT2D eigenvalue weighted by Crippen LogP contribution is 2.23. The average Bonchev–Trinajstić information content (AvgIpc) is 2.13. The summed E-state index contributed by atoms with van der Waals surface area (Å²) in [7, 11) is 0. The van der Waals surface area contributed by atoms with Crippen molar-refractivity contribution < 1.29 is 9.66 Å². The Morgan fingerprint density at radius 1 is 1.53 bits per heavy atom. The fraction of sp³-hybridized carbons (Fsp3) is 0.400. The zero-order valence-electron chi connectivity index (χ0n) is 8.40. The van der Waals surface area contributed by atoms with Crippen molar-refractivity contribution in [2.45, 2.75) is 13.0 Å². The molecule has 15 heavy (non-hydrogen) atoms. The van der Waals surface area contributed by atoms with E-state index >= 15 is 0 Å². The summed E-state index contributed by atoms with van der Waals surface area (Å²) in [5.41, 5.74) is 1.94. The van der Waals surface area contributed by atoms with E-state index in [0.29, 0.717) is 13.2 Å². The lowest BCUT2D eigenvalue weighted by Gasteiger charge is -2.28. The lowest BCUT2D eigenvalue weighted by molar-refractivity contribution is -0.384. The van der Waals surface area contributed by atoms with Crippen LogP contribution in [0.2, 0.25) is 0 Å². The number of non-ortho nitro benzene ring substituents is 1. The lowest BCUT2D eigenvalue weighted by Crippen LogP contribution is -2.40. The zero-order valence-corrected chi connectivity index (χ0v) is 8.40. The van der Waals surface area contributed by atoms with Crippen LogP contribution in [0.15, 0.2) is 18.2 Å². The van der Waals surface area contributed by atoms with Crippen LogP contribution in [-0.2, 0) is 4.74 Å². The van der Waals surface area contributed by atoms with Gasteiger partial charge in [-0.05, 0) is 12.5 Å². The molecule has 0 amide bonds. The number of nitrogens with zero attached hydrogens (tertiary/aromatic N) is 1. The van der Waals surface area contributed by atoms with Crippen molar-refractivity contribution >= 4 is 11.4 Å². The van der Waals surface area contributed by atoms with Gasteiger partial charge in [-0.2, -0.15) is 0 Å². The van der Waals surface area contributed by atoms with Gasteiger partial charge in [-0.15, -0.1) is 0 Å². The van der Waals surface area contributed by atoms with Crippen molar-refractivity contribution in [1.82, 2.24) is 0 Å². The monoisotopic (exact) mass is 208 g/mol. The molecular weight excluding hydrogens is 196 g/mol. The molecule has 0 unspecified atom stereocenters. The van der Waals surface area contributed by atoms with Gasteiger partial charge in [-0.3, -0.25) is 10.1 Å². The minimum atomic E-state index is -0.387. The molecule has 1 aliphatic heterocycles. The van der Waals surface area contributed by atoms with Gasteiger partial charge in [0.2, 0.25) is 0 Å². The lowest BCUT2D eigenvalue weighted by atomic mass is 10.1. The molecule has 80 valence electrons. The van der Waals surface area contributed by atoms with Crippen LogP contribution in [0.1, 0.15) is 5.56 Å². The summed E-state index contributed by atoms with van der Waals surface area (Å²) in [6.07, 6.45) is 0. The molecule has 1 saturated heterocycles. The second-order valence-electron chi connectivity index (χ2n) is 3.64. The maximum absolute atomic E-state index is 10.6. The summed E-state index contributed by atoms with van der Waals surface area (Å²) in [6, 6.07) is 5.11. The topological polar surface area (TPSA) is 64.4 Å². The minimum absolute atomic E-state index is 0.114. The van der Waals surface area contributed by atoms with Gasteiger partial charge in [0, 0.05) is 17.8 Å². The average molecular weight is 208 g/mol. The molecule has 0 radical (unpaired) electrons. The number of nitro groups is 1. The summed E-state index contributed by atoms with van der Waals surface area (Å²) < 4.78 is 5.03. The quantitative estimate of drug-likeness (QED) is 0.606. The minimum Gasteiger partial charge on any atom is -0.377 e. The van der Waals surface area contributed by atoms with Crippen molar-refractivity contribution in [1.29, 1.82) is 0 Å². The van der Waals surface area contributed by atoms with Crippen LogP contribution in [0, 0.1) is 17.0 Å². The van der Waals surface area contributed by atoms with Crippen molar-refractivity contribution in [3.05, 3.63) is 33.9 Å². The number of nitro benzene ring substituents is 1. The van der Waals surface area contributed by atoms with Crippen molar-refractivity contribution in [3.63, 3.8) is 0 Å². The van der Waals surface area contributed by atoms with Crippen LogP contribution in [0.5, 0.6) is 0 Å². The summed E-state index contributed by atoms with van der Waals surface area (Å²) in [5.74, 6) is 0. The first-order valence-corrected chi connectivity index (χ1v) is 4.76. The molecule has 5 heteroatoms. The third-order valence-corrected chi connectivity index (χ3v) is 2.43. The van der Waals surface area contributed by atoms with E-state index in [1.54, 1.807) is 12.1 Å². The van der Waals surface area contributed by atoms with Gasteiger partial charge >= 0.3 is 0 Å². The summed E-state index contributed by atoms with van der Waals surface area (Å²) in [5, 5.41) is 13.8. The standard InChI is InChI=1S/C10H12N2O3/c1-7-2-3-9(12(13)14)4-10(7)11-8-5-15-6-8/h2-4,8,11H,5-6H2,1H3. The molecule has 0 aromatic heterocycles. The number of hydrogen-bond donors (Lipinski definition) is 1. The Kier molecular flexibility index (Phi) is 2.55. The van der Waals surface area contributed by atoms with E-state index in [9.17, 15) is 10.1 Å². The molecule has 0 atom stereocenters. The first-order chi connectivity index (χ1) is 7.16. The van der Waals surface area contributed by atoms with Crippen molar-refractivity contribution in [2.24, 2.45) is 0 Å². The van der Waals surface area contributed by atoms with Crippen LogP contribution in [0.3, 0.4) is 0 Å². The number of nitrogens with one attached hydrogen (secondary N) is 1. The predicted octanol–water partition coefficient (Wildman–Crippen LogP) is 1.71. The molecule has 2 rings (SSSR count). The maximum Gasteiger partial charge on any atom is 0.271 e. The second-order valence-corrected chi connectivity index (χ2v) is 3.64. The highest BCUT2D eigenvalue weighted by atomic mass is 16.6. The normalized spacial score (nSPS) is 15.8. The predicted molar refractivity (Wildman–Crippen MR) is 56.1 cm³/mol. The molecule has 0 spiro atoms. The van der Waals surface area contributed by atoms with Crippen LogP contribution in [0.25, 0.3) is 0 Å². The Morgan fingerprint density at radius 2 is 2.27 bits per heavy atom. The molecule has 0 saturated carbocycles. The number of hydrogen-bond acceptors (Lipinski definition) is 4. The molecule has 1 aromatic rings. The number of aryl methyl sites for hydroxylation is 1. The molecule has 1 heterocycles. The molecule has 5 nitrogen and oxygen atoms in total. The Balaban J connectivity index is 2.19. The highest BCUT2D eigenvalue weighted by molar-refractivity contribution is 5.57. The SMILES string of the molecule is Cc1ccc([N+](=O)[O-])cc1NC1COC1. The smallest absolute Gasteiger partial charge is 0.271 e. The highest BCUT2D eigenvalue weighted by Gasteiger charge is 2.19. The van der Waals surface area contributed by atoms with Crippen LogP contribution in [0.4, 0.5) is 11.4 Å². The fourth-order valence-electron chi connectivity index (χ4n) is 1.42. The number of ether oxygens (including phenoxy) is 1. The van der Waals surface area contributed by atoms with Gasteiger partial charge < -0.3 is 10.1 Å². The molecule has 1 aliphatic rings. The van der Waals surface area contributed by atoms with Crippen molar-refractivity contribution in [3.8, 4) is 0 Å². The van der Waals surface area contributed by atoms with E-state index in [2.05, 4.69) is 5.32 Å². The Morgan fingerprint density at radius 3 is 2.80 bits per heavy atom. The Labute approximate surface area is 87.2 Å². The molecule has 1 fully saturated rings. The van der Waals surface area contributed by atoms with Crippen LogP contribution < -0.4 is 5.32 Å². The molecule has 1 aromatic carbocycles. The zero-order chi connectivity index (χ0) is 10.8. The van der Waals surface area contributed by atoms with Crippen LogP contribution in [-0.4, -0.2) is 24.2 Å². The summed E-state index contributed by atoms with van der Waals surface area (Å²) >= 11 is 0. The molecule has 1 N–H and O–H groups in total. The summed E-state index contributed by atoms with van der Waals surface area (Å²) in [4.78, 5) is 10.2. The van der Waals surface area contributed by atoms with Gasteiger partial charge in [-0.25, -0.2) is 0 Å². The molecule has 0 bridgehead atoms. The van der Waals surface area contributed by atoms with Gasteiger partial charge in [0.05, 0.1) is 24.2 Å². The Bertz CT molecular complexity index is 388. The first kappa shape index (κ1) is 9.92. The fourth-order valence-corrected chi connectivity index (χ4v) is 1.42. The molecule has 0 aliphatic carbocycles. The molecular formula is C10H12N2O3. The van der Waals surface area contributed by atoms with E-state index < -0.39 is 0 Å². The van der Waals surface area contributed by atoms with E-state index in [1.807, 2.05) is 6.92 Å². The van der Waals surface area contributed by atoms with Gasteiger partial charge in [0.1, 0.15) is 0 Å². The van der Waals surface area contributed by atoms with Crippen LogP contribution >= 0.6 is 0 Å². The second kappa shape index (κ2) is 3.86. The summed E-state index contributed by atoms with van der Waals surface area (Å²) in [6.45, 7) is 3.26. The third-order valence-electron chi connectivity index (χ3n) is 2.43. The van der Waals surface area contributed by atoms with E-state index in [4.69, 9.17) is 4.74 Å². The largest absolute Gasteiger partial charge is 0.377 e. The van der Waals surface area contributed by atoms with Gasteiger partial charge in [-0.1, -0.05) is 6.07 Å². The number of benzene rings is 1. The number of anilines is 1. The maximum atomic E-state index is 10.6. The van der Waals surface area contributed by atoms with E-state index in [0.717, 1.165) is 11.3 Å². The van der Waals surface area contributed by atoms with E-state index in [1.165, 1.54) is 6.07 Å². The van der Waals surface area contributed by atoms with E-state index in [-0.39, 0.29) is 16.7 Å². The van der Waals surface area contributed by atoms with Crippen molar-refractivity contribution in [2.75, 3.05) is 18.5 Å². The Hall–Kier alpha value is -1.62.